The molecule has 0 heterocycles. The summed E-state index contributed by atoms with van der Waals surface area (Å²) in [7, 11) is 0. The molecule has 0 aromatic heterocycles. The zero-order valence-electron chi connectivity index (χ0n) is 7.82. The van der Waals surface area contributed by atoms with Crippen LogP contribution in [-0.4, -0.2) is 5.33 Å². The molecule has 0 saturated heterocycles. The molecule has 0 fully saturated rings. The standard InChI is InChI=1S/C11H14BrF/c1-2-10-8-9(4-3-7-12)5-6-11(10)13/h5-6,8H,2-4,7H2,1H3. The van der Waals surface area contributed by atoms with E-state index in [9.17, 15) is 4.39 Å². The van der Waals surface area contributed by atoms with E-state index < -0.39 is 0 Å². The van der Waals surface area contributed by atoms with Crippen LogP contribution in [0.3, 0.4) is 0 Å². The van der Waals surface area contributed by atoms with Crippen molar-refractivity contribution in [2.75, 3.05) is 5.33 Å². The molecule has 1 aromatic carbocycles. The highest BCUT2D eigenvalue weighted by molar-refractivity contribution is 9.09. The lowest BCUT2D eigenvalue weighted by Crippen LogP contribution is -1.92. The van der Waals surface area contributed by atoms with Crippen LogP contribution in [0, 0.1) is 5.82 Å². The van der Waals surface area contributed by atoms with Crippen LogP contribution in [0.2, 0.25) is 0 Å². The van der Waals surface area contributed by atoms with Gasteiger partial charge in [-0.1, -0.05) is 35.0 Å². The monoisotopic (exact) mass is 244 g/mol. The Morgan fingerprint density at radius 1 is 1.38 bits per heavy atom. The summed E-state index contributed by atoms with van der Waals surface area (Å²) in [4.78, 5) is 0. The van der Waals surface area contributed by atoms with Crippen LogP contribution in [0.1, 0.15) is 24.5 Å². The molecule has 0 spiro atoms. The summed E-state index contributed by atoms with van der Waals surface area (Å²) in [6.45, 7) is 1.98. The van der Waals surface area contributed by atoms with Gasteiger partial charge >= 0.3 is 0 Å². The molecule has 72 valence electrons. The summed E-state index contributed by atoms with van der Waals surface area (Å²) in [6, 6.07) is 5.41. The minimum atomic E-state index is -0.0786. The van der Waals surface area contributed by atoms with E-state index >= 15 is 0 Å². The number of halogens is 2. The average molecular weight is 245 g/mol. The van der Waals surface area contributed by atoms with Gasteiger partial charge in [-0.15, -0.1) is 0 Å². The Balaban J connectivity index is 2.74. The van der Waals surface area contributed by atoms with Gasteiger partial charge in [-0.3, -0.25) is 0 Å². The first-order valence-electron chi connectivity index (χ1n) is 4.61. The van der Waals surface area contributed by atoms with Crippen LogP contribution in [0.25, 0.3) is 0 Å². The Labute approximate surface area is 87.3 Å². The Morgan fingerprint density at radius 3 is 2.77 bits per heavy atom. The summed E-state index contributed by atoms with van der Waals surface area (Å²) >= 11 is 3.38. The maximum atomic E-state index is 13.1. The molecule has 0 nitrogen and oxygen atoms in total. The number of alkyl halides is 1. The molecule has 0 saturated carbocycles. The molecule has 13 heavy (non-hydrogen) atoms. The molecule has 0 aliphatic heterocycles. The SMILES string of the molecule is CCc1cc(CCCBr)ccc1F. The largest absolute Gasteiger partial charge is 0.207 e. The summed E-state index contributed by atoms with van der Waals surface area (Å²) < 4.78 is 13.1. The summed E-state index contributed by atoms with van der Waals surface area (Å²) in [5, 5.41) is 1.01. The molecule has 0 aliphatic rings. The second-order valence-corrected chi connectivity index (χ2v) is 3.86. The lowest BCUT2D eigenvalue weighted by molar-refractivity contribution is 0.611. The zero-order valence-corrected chi connectivity index (χ0v) is 9.40. The molecular weight excluding hydrogens is 231 g/mol. The van der Waals surface area contributed by atoms with Gasteiger partial charge in [0.2, 0.25) is 0 Å². The van der Waals surface area contributed by atoms with Crippen molar-refractivity contribution in [2.24, 2.45) is 0 Å². The van der Waals surface area contributed by atoms with Crippen LogP contribution in [-0.2, 0) is 12.8 Å². The van der Waals surface area contributed by atoms with E-state index in [4.69, 9.17) is 0 Å². The highest BCUT2D eigenvalue weighted by Crippen LogP contribution is 2.12. The number of hydrogen-bond donors (Lipinski definition) is 0. The second kappa shape index (κ2) is 5.38. The van der Waals surface area contributed by atoms with Gasteiger partial charge in [0.15, 0.2) is 0 Å². The Bertz CT molecular complexity index is 271. The van der Waals surface area contributed by atoms with Crippen LogP contribution in [0.15, 0.2) is 18.2 Å². The van der Waals surface area contributed by atoms with Gasteiger partial charge in [-0.2, -0.15) is 0 Å². The third-order valence-corrected chi connectivity index (χ3v) is 2.65. The molecule has 0 aliphatic carbocycles. The lowest BCUT2D eigenvalue weighted by atomic mass is 10.1. The summed E-state index contributed by atoms with van der Waals surface area (Å²) in [5.74, 6) is -0.0786. The van der Waals surface area contributed by atoms with Gasteiger partial charge < -0.3 is 0 Å². The van der Waals surface area contributed by atoms with Gasteiger partial charge in [-0.25, -0.2) is 4.39 Å². The van der Waals surface area contributed by atoms with Crippen LogP contribution >= 0.6 is 15.9 Å². The van der Waals surface area contributed by atoms with Gasteiger partial charge in [0.05, 0.1) is 0 Å². The van der Waals surface area contributed by atoms with Gasteiger partial charge in [0.25, 0.3) is 0 Å². The molecular formula is C11H14BrF. The maximum absolute atomic E-state index is 13.1. The van der Waals surface area contributed by atoms with Crippen molar-refractivity contribution in [1.29, 1.82) is 0 Å². The van der Waals surface area contributed by atoms with Crippen molar-refractivity contribution < 1.29 is 4.39 Å². The van der Waals surface area contributed by atoms with Gasteiger partial charge in [0, 0.05) is 5.33 Å². The fraction of sp³-hybridized carbons (Fsp3) is 0.455. The second-order valence-electron chi connectivity index (χ2n) is 3.07. The summed E-state index contributed by atoms with van der Waals surface area (Å²) in [5.41, 5.74) is 2.06. The van der Waals surface area contributed by atoms with Crippen LogP contribution in [0.5, 0.6) is 0 Å². The van der Waals surface area contributed by atoms with E-state index in [0.717, 1.165) is 30.2 Å². The van der Waals surface area contributed by atoms with Crippen LogP contribution < -0.4 is 0 Å². The third-order valence-electron chi connectivity index (χ3n) is 2.09. The molecule has 0 bridgehead atoms. The fourth-order valence-electron chi connectivity index (χ4n) is 1.33. The molecule has 0 amide bonds. The fourth-order valence-corrected chi connectivity index (χ4v) is 1.61. The maximum Gasteiger partial charge on any atom is 0.126 e. The minimum absolute atomic E-state index is 0.0786. The van der Waals surface area contributed by atoms with Crippen molar-refractivity contribution in [3.05, 3.63) is 35.1 Å². The van der Waals surface area contributed by atoms with Crippen LogP contribution in [0.4, 0.5) is 4.39 Å². The van der Waals surface area contributed by atoms with E-state index in [1.807, 2.05) is 19.1 Å². The summed E-state index contributed by atoms with van der Waals surface area (Å²) in [6.07, 6.45) is 2.90. The van der Waals surface area contributed by atoms with Crippen molar-refractivity contribution in [1.82, 2.24) is 0 Å². The first kappa shape index (κ1) is 10.7. The number of benzene rings is 1. The van der Waals surface area contributed by atoms with E-state index in [-0.39, 0.29) is 5.82 Å². The number of aryl methyl sites for hydroxylation is 2. The molecule has 0 atom stereocenters. The Morgan fingerprint density at radius 2 is 2.15 bits per heavy atom. The van der Waals surface area contributed by atoms with Crippen molar-refractivity contribution in [3.63, 3.8) is 0 Å². The van der Waals surface area contributed by atoms with E-state index in [1.165, 1.54) is 5.56 Å². The molecule has 1 rings (SSSR count). The first-order valence-corrected chi connectivity index (χ1v) is 5.73. The first-order chi connectivity index (χ1) is 6.27. The average Bonchev–Trinajstić information content (AvgIpc) is 2.16. The Kier molecular flexibility index (Phi) is 4.43. The van der Waals surface area contributed by atoms with Crippen molar-refractivity contribution in [2.45, 2.75) is 26.2 Å². The van der Waals surface area contributed by atoms with E-state index in [2.05, 4.69) is 15.9 Å². The molecule has 1 aromatic rings. The predicted molar refractivity (Wildman–Crippen MR) is 57.9 cm³/mol. The zero-order chi connectivity index (χ0) is 9.68. The normalized spacial score (nSPS) is 10.4. The van der Waals surface area contributed by atoms with Crippen molar-refractivity contribution in [3.8, 4) is 0 Å². The lowest BCUT2D eigenvalue weighted by Gasteiger charge is -2.03. The molecule has 0 unspecified atom stereocenters. The smallest absolute Gasteiger partial charge is 0.126 e. The molecule has 2 heteroatoms. The molecule has 0 radical (unpaired) electrons. The van der Waals surface area contributed by atoms with Crippen molar-refractivity contribution >= 4 is 15.9 Å². The van der Waals surface area contributed by atoms with E-state index in [0.29, 0.717) is 0 Å². The molecule has 0 N–H and O–H groups in total. The highest BCUT2D eigenvalue weighted by Gasteiger charge is 2.00. The quantitative estimate of drug-likeness (QED) is 0.709. The highest BCUT2D eigenvalue weighted by atomic mass is 79.9. The Hall–Kier alpha value is -0.370. The van der Waals surface area contributed by atoms with Gasteiger partial charge in [-0.05, 0) is 36.5 Å². The number of hydrogen-bond acceptors (Lipinski definition) is 0. The predicted octanol–water partition coefficient (Wildman–Crippen LogP) is 3.72. The topological polar surface area (TPSA) is 0 Å². The minimum Gasteiger partial charge on any atom is -0.207 e. The number of rotatable bonds is 4. The third kappa shape index (κ3) is 3.11. The van der Waals surface area contributed by atoms with Gasteiger partial charge in [0.1, 0.15) is 5.82 Å². The van der Waals surface area contributed by atoms with E-state index in [1.54, 1.807) is 6.07 Å².